The smallest absolute Gasteiger partial charge is 0.251 e. The molecule has 0 saturated heterocycles. The zero-order valence-corrected chi connectivity index (χ0v) is 13.2. The molecule has 22 heavy (non-hydrogen) atoms. The molecule has 3 N–H and O–H groups in total. The molecule has 0 fully saturated rings. The lowest BCUT2D eigenvalue weighted by Gasteiger charge is -2.31. The van der Waals surface area contributed by atoms with E-state index >= 15 is 0 Å². The second kappa shape index (κ2) is 6.65. The van der Waals surface area contributed by atoms with Gasteiger partial charge < -0.3 is 11.1 Å². The van der Waals surface area contributed by atoms with Crippen LogP contribution in [-0.2, 0) is 0 Å². The molecular formula is C15H22N6O. The molecule has 1 heterocycles. The maximum Gasteiger partial charge on any atom is 0.251 e. The SMILES string of the molecule is CC(C)CC(C)(CN)NC(=O)c1ccc(-n2cnnn2)cc1. The summed E-state index contributed by atoms with van der Waals surface area (Å²) in [5.74, 6) is 0.327. The Morgan fingerprint density at radius 3 is 2.55 bits per heavy atom. The number of aromatic nitrogens is 4. The van der Waals surface area contributed by atoms with Gasteiger partial charge in [-0.25, -0.2) is 4.68 Å². The maximum atomic E-state index is 12.4. The van der Waals surface area contributed by atoms with E-state index in [9.17, 15) is 4.79 Å². The van der Waals surface area contributed by atoms with Gasteiger partial charge in [-0.05, 0) is 54.0 Å². The molecule has 1 aromatic carbocycles. The van der Waals surface area contributed by atoms with E-state index in [0.717, 1.165) is 12.1 Å². The Balaban J connectivity index is 2.09. The molecule has 1 unspecified atom stereocenters. The molecule has 0 saturated carbocycles. The highest BCUT2D eigenvalue weighted by Crippen LogP contribution is 2.16. The van der Waals surface area contributed by atoms with Crippen LogP contribution in [0.4, 0.5) is 0 Å². The number of tetrazole rings is 1. The summed E-state index contributed by atoms with van der Waals surface area (Å²) in [5.41, 5.74) is 6.81. The number of benzene rings is 1. The summed E-state index contributed by atoms with van der Waals surface area (Å²) >= 11 is 0. The van der Waals surface area contributed by atoms with Crippen molar-refractivity contribution in [2.75, 3.05) is 6.54 Å². The van der Waals surface area contributed by atoms with Crippen molar-refractivity contribution >= 4 is 5.91 Å². The first-order chi connectivity index (χ1) is 10.4. The van der Waals surface area contributed by atoms with Crippen molar-refractivity contribution in [3.05, 3.63) is 36.2 Å². The van der Waals surface area contributed by atoms with Gasteiger partial charge in [0.25, 0.3) is 5.91 Å². The first-order valence-corrected chi connectivity index (χ1v) is 7.29. The van der Waals surface area contributed by atoms with Crippen LogP contribution in [0.3, 0.4) is 0 Å². The number of hydrogen-bond donors (Lipinski definition) is 2. The average molecular weight is 302 g/mol. The van der Waals surface area contributed by atoms with Crippen LogP contribution in [0.5, 0.6) is 0 Å². The first-order valence-electron chi connectivity index (χ1n) is 7.29. The summed E-state index contributed by atoms with van der Waals surface area (Å²) < 4.78 is 1.53. The Hall–Kier alpha value is -2.28. The molecule has 7 nitrogen and oxygen atoms in total. The molecule has 1 aromatic heterocycles. The van der Waals surface area contributed by atoms with Crippen molar-refractivity contribution in [2.45, 2.75) is 32.7 Å². The highest BCUT2D eigenvalue weighted by atomic mass is 16.1. The fraction of sp³-hybridized carbons (Fsp3) is 0.467. The maximum absolute atomic E-state index is 12.4. The highest BCUT2D eigenvalue weighted by molar-refractivity contribution is 5.94. The molecule has 7 heteroatoms. The van der Waals surface area contributed by atoms with Crippen LogP contribution >= 0.6 is 0 Å². The normalized spacial score (nSPS) is 13.9. The minimum atomic E-state index is -0.403. The van der Waals surface area contributed by atoms with E-state index < -0.39 is 5.54 Å². The van der Waals surface area contributed by atoms with Crippen LogP contribution < -0.4 is 11.1 Å². The monoisotopic (exact) mass is 302 g/mol. The number of carbonyl (C=O) groups excluding carboxylic acids is 1. The molecule has 2 rings (SSSR count). The van der Waals surface area contributed by atoms with Crippen molar-refractivity contribution in [3.63, 3.8) is 0 Å². The van der Waals surface area contributed by atoms with E-state index in [1.54, 1.807) is 24.3 Å². The Kier molecular flexibility index (Phi) is 4.87. The standard InChI is InChI=1S/C15H22N6O/c1-11(2)8-15(3,9-16)18-14(22)12-4-6-13(7-5-12)21-10-17-19-20-21/h4-7,10-11H,8-9,16H2,1-3H3,(H,18,22). The van der Waals surface area contributed by atoms with Gasteiger partial charge in [-0.15, -0.1) is 5.10 Å². The second-order valence-electron chi connectivity index (χ2n) is 6.12. The Morgan fingerprint density at radius 2 is 2.05 bits per heavy atom. The predicted molar refractivity (Wildman–Crippen MR) is 83.5 cm³/mol. The van der Waals surface area contributed by atoms with Crippen molar-refractivity contribution in [3.8, 4) is 5.69 Å². The predicted octanol–water partition coefficient (Wildman–Crippen LogP) is 1.16. The summed E-state index contributed by atoms with van der Waals surface area (Å²) in [5, 5.41) is 14.0. The summed E-state index contributed by atoms with van der Waals surface area (Å²) in [6.07, 6.45) is 2.33. The highest BCUT2D eigenvalue weighted by Gasteiger charge is 2.26. The lowest BCUT2D eigenvalue weighted by molar-refractivity contribution is 0.0898. The minimum absolute atomic E-state index is 0.128. The molecular weight excluding hydrogens is 280 g/mol. The van der Waals surface area contributed by atoms with Gasteiger partial charge in [0, 0.05) is 17.6 Å². The van der Waals surface area contributed by atoms with Crippen LogP contribution in [0.1, 0.15) is 37.6 Å². The molecule has 0 aliphatic rings. The molecule has 0 bridgehead atoms. The number of nitrogens with zero attached hydrogens (tertiary/aromatic N) is 4. The largest absolute Gasteiger partial charge is 0.346 e. The molecule has 0 aliphatic carbocycles. The third-order valence-corrected chi connectivity index (χ3v) is 3.47. The average Bonchev–Trinajstić information content (AvgIpc) is 3.00. The first kappa shape index (κ1) is 16.1. The zero-order chi connectivity index (χ0) is 16.2. The molecule has 1 amide bonds. The molecule has 0 radical (unpaired) electrons. The summed E-state index contributed by atoms with van der Waals surface area (Å²) in [4.78, 5) is 12.4. The summed E-state index contributed by atoms with van der Waals surface area (Å²) in [6.45, 7) is 6.60. The third kappa shape index (κ3) is 3.88. The molecule has 0 spiro atoms. The quantitative estimate of drug-likeness (QED) is 0.834. The van der Waals surface area contributed by atoms with Crippen LogP contribution in [0.15, 0.2) is 30.6 Å². The van der Waals surface area contributed by atoms with Crippen molar-refractivity contribution in [1.82, 2.24) is 25.5 Å². The van der Waals surface area contributed by atoms with Crippen LogP contribution in [0, 0.1) is 5.92 Å². The van der Waals surface area contributed by atoms with Gasteiger partial charge in [0.2, 0.25) is 0 Å². The number of rotatable bonds is 6. The van der Waals surface area contributed by atoms with E-state index in [4.69, 9.17) is 5.73 Å². The Bertz CT molecular complexity index is 607. The fourth-order valence-corrected chi connectivity index (χ4v) is 2.48. The van der Waals surface area contributed by atoms with Crippen LogP contribution in [0.2, 0.25) is 0 Å². The Labute approximate surface area is 129 Å². The molecule has 0 aliphatic heterocycles. The van der Waals surface area contributed by atoms with Crippen molar-refractivity contribution in [2.24, 2.45) is 11.7 Å². The summed E-state index contributed by atoms with van der Waals surface area (Å²) in [7, 11) is 0. The molecule has 1 atom stereocenters. The van der Waals surface area contributed by atoms with E-state index in [0.29, 0.717) is 18.0 Å². The van der Waals surface area contributed by atoms with Crippen molar-refractivity contribution in [1.29, 1.82) is 0 Å². The van der Waals surface area contributed by atoms with Crippen molar-refractivity contribution < 1.29 is 4.79 Å². The van der Waals surface area contributed by atoms with E-state index in [-0.39, 0.29) is 5.91 Å². The van der Waals surface area contributed by atoms with Gasteiger partial charge in [-0.3, -0.25) is 4.79 Å². The van der Waals surface area contributed by atoms with Gasteiger partial charge >= 0.3 is 0 Å². The third-order valence-electron chi connectivity index (χ3n) is 3.47. The lowest BCUT2D eigenvalue weighted by Crippen LogP contribution is -2.52. The topological polar surface area (TPSA) is 98.7 Å². The van der Waals surface area contributed by atoms with E-state index in [1.165, 1.54) is 11.0 Å². The van der Waals surface area contributed by atoms with Gasteiger partial charge in [0.1, 0.15) is 6.33 Å². The lowest BCUT2D eigenvalue weighted by atomic mass is 9.90. The van der Waals surface area contributed by atoms with Gasteiger partial charge in [0.15, 0.2) is 0 Å². The van der Waals surface area contributed by atoms with Gasteiger partial charge in [-0.2, -0.15) is 0 Å². The number of nitrogens with one attached hydrogen (secondary N) is 1. The molecule has 2 aromatic rings. The number of amides is 1. The van der Waals surface area contributed by atoms with Crippen LogP contribution in [0.25, 0.3) is 5.69 Å². The van der Waals surface area contributed by atoms with Gasteiger partial charge in [-0.1, -0.05) is 13.8 Å². The number of hydrogen-bond acceptors (Lipinski definition) is 5. The van der Waals surface area contributed by atoms with Gasteiger partial charge in [0.05, 0.1) is 5.69 Å². The van der Waals surface area contributed by atoms with E-state index in [1.807, 2.05) is 6.92 Å². The second-order valence-corrected chi connectivity index (χ2v) is 6.12. The fourth-order valence-electron chi connectivity index (χ4n) is 2.48. The molecule has 118 valence electrons. The summed E-state index contributed by atoms with van der Waals surface area (Å²) in [6, 6.07) is 7.10. The Morgan fingerprint density at radius 1 is 1.36 bits per heavy atom. The van der Waals surface area contributed by atoms with E-state index in [2.05, 4.69) is 34.7 Å². The number of carbonyl (C=O) groups is 1. The van der Waals surface area contributed by atoms with Crippen LogP contribution in [-0.4, -0.2) is 38.2 Å². The zero-order valence-electron chi connectivity index (χ0n) is 13.2. The number of nitrogens with two attached hydrogens (primary N) is 1. The minimum Gasteiger partial charge on any atom is -0.346 e.